The van der Waals surface area contributed by atoms with Gasteiger partial charge in [-0.05, 0) is 36.5 Å². The summed E-state index contributed by atoms with van der Waals surface area (Å²) in [4.78, 5) is 0. The van der Waals surface area contributed by atoms with Crippen molar-refractivity contribution in [2.24, 2.45) is 10.8 Å². The predicted octanol–water partition coefficient (Wildman–Crippen LogP) is 5.35. The summed E-state index contributed by atoms with van der Waals surface area (Å²) in [5.41, 5.74) is 2.28. The highest BCUT2D eigenvalue weighted by Crippen LogP contribution is 2.58. The van der Waals surface area contributed by atoms with Crippen molar-refractivity contribution in [3.63, 3.8) is 0 Å². The lowest BCUT2D eigenvalue weighted by Gasteiger charge is -2.28. The molecule has 0 radical (unpaired) electrons. The molecule has 1 saturated carbocycles. The average molecular weight is 306 g/mol. The van der Waals surface area contributed by atoms with Crippen LogP contribution in [0.2, 0.25) is 0 Å². The maximum atomic E-state index is 4.48. The molecule has 1 aliphatic rings. The molecule has 0 spiro atoms. The van der Waals surface area contributed by atoms with Gasteiger partial charge in [0.05, 0.1) is 5.69 Å². The Hall–Kier alpha value is -0.860. The van der Waals surface area contributed by atoms with Crippen molar-refractivity contribution in [3.05, 3.63) is 11.9 Å². The third-order valence-corrected chi connectivity index (χ3v) is 5.28. The number of unbranched alkanes of at least 4 members (excludes halogenated alkanes) is 3. The van der Waals surface area contributed by atoms with Crippen LogP contribution in [0.4, 0.5) is 0 Å². The Morgan fingerprint density at radius 2 is 1.64 bits per heavy atom. The van der Waals surface area contributed by atoms with E-state index >= 15 is 0 Å². The van der Waals surface area contributed by atoms with Crippen molar-refractivity contribution in [1.82, 2.24) is 15.0 Å². The molecule has 1 aliphatic carbocycles. The number of aromatic nitrogens is 3. The number of nitrogens with zero attached hydrogens (tertiary/aromatic N) is 3. The smallest absolute Gasteiger partial charge is 0.0893 e. The topological polar surface area (TPSA) is 30.7 Å². The SMILES string of the molecule is CC(C)(C)CCCCCCn1cc(C2(C(C)(C)C)CC2)nn1. The molecule has 0 N–H and O–H groups in total. The molecule has 1 aromatic rings. The first-order valence-electron chi connectivity index (χ1n) is 9.05. The molecular weight excluding hydrogens is 270 g/mol. The maximum absolute atomic E-state index is 4.48. The summed E-state index contributed by atoms with van der Waals surface area (Å²) < 4.78 is 2.06. The molecule has 0 unspecified atom stereocenters. The maximum Gasteiger partial charge on any atom is 0.0893 e. The molecule has 126 valence electrons. The lowest BCUT2D eigenvalue weighted by atomic mass is 9.76. The molecule has 1 heterocycles. The molecule has 1 fully saturated rings. The van der Waals surface area contributed by atoms with Crippen LogP contribution in [0.15, 0.2) is 6.20 Å². The number of aryl methyl sites for hydroxylation is 1. The first-order valence-corrected chi connectivity index (χ1v) is 9.05. The second kappa shape index (κ2) is 6.33. The Kier molecular flexibility index (Phi) is 5.03. The molecule has 0 saturated heterocycles. The average Bonchev–Trinajstić information content (AvgIpc) is 3.07. The first-order chi connectivity index (χ1) is 10.1. The van der Waals surface area contributed by atoms with Gasteiger partial charge in [0.1, 0.15) is 0 Å². The summed E-state index contributed by atoms with van der Waals surface area (Å²) in [6.45, 7) is 15.0. The van der Waals surface area contributed by atoms with Crippen LogP contribution in [0.25, 0.3) is 0 Å². The minimum Gasteiger partial charge on any atom is -0.252 e. The predicted molar refractivity (Wildman–Crippen MR) is 92.9 cm³/mol. The van der Waals surface area contributed by atoms with E-state index in [4.69, 9.17) is 0 Å². The van der Waals surface area contributed by atoms with Gasteiger partial charge in [-0.3, -0.25) is 4.68 Å². The Morgan fingerprint density at radius 1 is 1.00 bits per heavy atom. The van der Waals surface area contributed by atoms with Crippen molar-refractivity contribution in [1.29, 1.82) is 0 Å². The van der Waals surface area contributed by atoms with E-state index in [9.17, 15) is 0 Å². The van der Waals surface area contributed by atoms with Gasteiger partial charge in [0, 0.05) is 18.2 Å². The van der Waals surface area contributed by atoms with Crippen molar-refractivity contribution < 1.29 is 0 Å². The Bertz CT molecular complexity index is 470. The van der Waals surface area contributed by atoms with E-state index in [0.717, 1.165) is 6.54 Å². The Balaban J connectivity index is 1.73. The normalized spacial score (nSPS) is 17.7. The zero-order chi connectivity index (χ0) is 16.4. The highest BCUT2D eigenvalue weighted by atomic mass is 15.4. The molecule has 0 aliphatic heterocycles. The molecular formula is C19H35N3. The summed E-state index contributed by atoms with van der Waals surface area (Å²) in [6.07, 6.45) is 11.3. The molecule has 0 atom stereocenters. The molecule has 3 heteroatoms. The summed E-state index contributed by atoms with van der Waals surface area (Å²) in [6, 6.07) is 0. The van der Waals surface area contributed by atoms with Crippen LogP contribution < -0.4 is 0 Å². The summed E-state index contributed by atoms with van der Waals surface area (Å²) >= 11 is 0. The van der Waals surface area contributed by atoms with Crippen LogP contribution in [-0.2, 0) is 12.0 Å². The van der Waals surface area contributed by atoms with E-state index in [1.54, 1.807) is 0 Å². The minimum absolute atomic E-state index is 0.290. The van der Waals surface area contributed by atoms with Crippen LogP contribution in [0.5, 0.6) is 0 Å². The second-order valence-electron chi connectivity index (χ2n) is 9.42. The van der Waals surface area contributed by atoms with Gasteiger partial charge in [-0.2, -0.15) is 0 Å². The largest absolute Gasteiger partial charge is 0.252 e. The van der Waals surface area contributed by atoms with Gasteiger partial charge in [0.15, 0.2) is 0 Å². The summed E-state index contributed by atoms with van der Waals surface area (Å²) in [5.74, 6) is 0. The molecule has 0 amide bonds. The third-order valence-electron chi connectivity index (χ3n) is 5.28. The molecule has 1 aromatic heterocycles. The standard InChI is InChI=1S/C19H35N3/c1-17(2,3)11-9-7-8-10-14-22-15-16(20-21-22)19(12-13-19)18(4,5)6/h15H,7-14H2,1-6H3. The highest BCUT2D eigenvalue weighted by Gasteiger charge is 2.55. The summed E-state index contributed by atoms with van der Waals surface area (Å²) in [7, 11) is 0. The zero-order valence-electron chi connectivity index (χ0n) is 15.6. The second-order valence-corrected chi connectivity index (χ2v) is 9.42. The van der Waals surface area contributed by atoms with E-state index in [0.29, 0.717) is 10.8 Å². The van der Waals surface area contributed by atoms with Crippen LogP contribution >= 0.6 is 0 Å². The summed E-state index contributed by atoms with van der Waals surface area (Å²) in [5, 5.41) is 8.84. The van der Waals surface area contributed by atoms with Crippen LogP contribution in [0.3, 0.4) is 0 Å². The monoisotopic (exact) mass is 305 g/mol. The zero-order valence-corrected chi connectivity index (χ0v) is 15.6. The van der Waals surface area contributed by atoms with Crippen molar-refractivity contribution in [3.8, 4) is 0 Å². The van der Waals surface area contributed by atoms with Gasteiger partial charge >= 0.3 is 0 Å². The van der Waals surface area contributed by atoms with Crippen molar-refractivity contribution in [2.45, 2.75) is 98.4 Å². The van der Waals surface area contributed by atoms with Gasteiger partial charge in [-0.25, -0.2) is 0 Å². The molecule has 0 aromatic carbocycles. The lowest BCUT2D eigenvalue weighted by molar-refractivity contribution is 0.293. The van der Waals surface area contributed by atoms with Gasteiger partial charge in [-0.15, -0.1) is 5.10 Å². The quantitative estimate of drug-likeness (QED) is 0.635. The third kappa shape index (κ3) is 4.33. The molecule has 3 nitrogen and oxygen atoms in total. The van der Waals surface area contributed by atoms with Gasteiger partial charge in [0.25, 0.3) is 0 Å². The Morgan fingerprint density at radius 3 is 2.18 bits per heavy atom. The van der Waals surface area contributed by atoms with E-state index in [-0.39, 0.29) is 5.41 Å². The molecule has 22 heavy (non-hydrogen) atoms. The number of hydrogen-bond acceptors (Lipinski definition) is 2. The van der Waals surface area contributed by atoms with Crippen molar-refractivity contribution in [2.75, 3.05) is 0 Å². The highest BCUT2D eigenvalue weighted by molar-refractivity contribution is 5.25. The lowest BCUT2D eigenvalue weighted by Crippen LogP contribution is -2.26. The van der Waals surface area contributed by atoms with Gasteiger partial charge in [-0.1, -0.05) is 66.0 Å². The first kappa shape index (κ1) is 17.5. The fourth-order valence-electron chi connectivity index (χ4n) is 3.42. The van der Waals surface area contributed by atoms with Gasteiger partial charge < -0.3 is 0 Å². The van der Waals surface area contributed by atoms with Gasteiger partial charge in [0.2, 0.25) is 0 Å². The van der Waals surface area contributed by atoms with E-state index in [1.165, 1.54) is 50.6 Å². The molecule has 0 bridgehead atoms. The minimum atomic E-state index is 0.290. The van der Waals surface area contributed by atoms with E-state index < -0.39 is 0 Å². The van der Waals surface area contributed by atoms with Crippen LogP contribution in [0, 0.1) is 10.8 Å². The van der Waals surface area contributed by atoms with E-state index in [2.05, 4.69) is 62.7 Å². The fourth-order valence-corrected chi connectivity index (χ4v) is 3.42. The number of rotatable bonds is 7. The Labute approximate surface area is 136 Å². The number of hydrogen-bond donors (Lipinski definition) is 0. The van der Waals surface area contributed by atoms with Crippen LogP contribution in [-0.4, -0.2) is 15.0 Å². The van der Waals surface area contributed by atoms with E-state index in [1.807, 2.05) is 0 Å². The van der Waals surface area contributed by atoms with Crippen molar-refractivity contribution >= 4 is 0 Å². The van der Waals surface area contributed by atoms with Crippen LogP contribution in [0.1, 0.15) is 92.2 Å². The molecule has 2 rings (SSSR count). The fraction of sp³-hybridized carbons (Fsp3) is 0.895.